The van der Waals surface area contributed by atoms with Crippen LogP contribution in [0.2, 0.25) is 0 Å². The van der Waals surface area contributed by atoms with E-state index in [1.54, 1.807) is 18.2 Å². The monoisotopic (exact) mass is 245 g/mol. The fourth-order valence-corrected chi connectivity index (χ4v) is 1.82. The zero-order valence-corrected chi connectivity index (χ0v) is 9.61. The molecule has 0 radical (unpaired) electrons. The Kier molecular flexibility index (Phi) is 2.59. The lowest BCUT2D eigenvalue weighted by molar-refractivity contribution is 0.102. The van der Waals surface area contributed by atoms with Gasteiger partial charge in [0, 0.05) is 17.3 Å². The molecule has 1 aromatic heterocycles. The first kappa shape index (κ1) is 11.0. The molecule has 2 aromatic rings. The Bertz CT molecular complexity index is 589. The Morgan fingerprint density at radius 2 is 2.22 bits per heavy atom. The summed E-state index contributed by atoms with van der Waals surface area (Å²) in [5.41, 5.74) is 1.76. The molecule has 0 atom stereocenters. The van der Waals surface area contributed by atoms with Crippen molar-refractivity contribution in [2.75, 3.05) is 5.32 Å². The third-order valence-electron chi connectivity index (χ3n) is 2.93. The predicted molar refractivity (Wildman–Crippen MR) is 64.9 cm³/mol. The van der Waals surface area contributed by atoms with E-state index in [1.165, 1.54) is 12.1 Å². The number of hydrogen-bond donors (Lipinski definition) is 2. The van der Waals surface area contributed by atoms with Gasteiger partial charge in [-0.2, -0.15) is 5.10 Å². The van der Waals surface area contributed by atoms with E-state index >= 15 is 0 Å². The summed E-state index contributed by atoms with van der Waals surface area (Å²) < 4.78 is 13.0. The number of anilines is 1. The molecule has 1 fully saturated rings. The van der Waals surface area contributed by atoms with Crippen molar-refractivity contribution in [2.45, 2.75) is 18.8 Å². The maximum atomic E-state index is 13.0. The minimum Gasteiger partial charge on any atom is -0.320 e. The van der Waals surface area contributed by atoms with Crippen LogP contribution in [0.1, 0.15) is 34.9 Å². The Morgan fingerprint density at radius 1 is 1.39 bits per heavy atom. The number of benzene rings is 1. The lowest BCUT2D eigenvalue weighted by Gasteiger charge is -2.02. The molecule has 0 bridgehead atoms. The molecule has 18 heavy (non-hydrogen) atoms. The van der Waals surface area contributed by atoms with Crippen molar-refractivity contribution in [3.8, 4) is 0 Å². The number of aromatic amines is 1. The van der Waals surface area contributed by atoms with Crippen LogP contribution in [0.4, 0.5) is 10.1 Å². The first-order chi connectivity index (χ1) is 8.72. The molecule has 1 heterocycles. The second-order valence-electron chi connectivity index (χ2n) is 4.45. The topological polar surface area (TPSA) is 57.8 Å². The van der Waals surface area contributed by atoms with Gasteiger partial charge in [-0.3, -0.25) is 9.89 Å². The van der Waals surface area contributed by atoms with Crippen molar-refractivity contribution in [1.29, 1.82) is 0 Å². The summed E-state index contributed by atoms with van der Waals surface area (Å²) in [6.07, 6.45) is 2.29. The quantitative estimate of drug-likeness (QED) is 0.873. The molecule has 1 amide bonds. The summed E-state index contributed by atoms with van der Waals surface area (Å²) in [6, 6.07) is 7.54. The molecular formula is C13H12FN3O. The van der Waals surface area contributed by atoms with Gasteiger partial charge in [-0.15, -0.1) is 0 Å². The molecule has 1 aliphatic carbocycles. The van der Waals surface area contributed by atoms with Gasteiger partial charge in [0.1, 0.15) is 5.82 Å². The lowest BCUT2D eigenvalue weighted by Crippen LogP contribution is -2.12. The van der Waals surface area contributed by atoms with Crippen molar-refractivity contribution in [1.82, 2.24) is 10.2 Å². The molecule has 0 unspecified atom stereocenters. The predicted octanol–water partition coefficient (Wildman–Crippen LogP) is 2.68. The molecule has 1 aromatic carbocycles. The number of H-pyrrole nitrogens is 1. The van der Waals surface area contributed by atoms with Gasteiger partial charge in [0.15, 0.2) is 5.69 Å². The van der Waals surface area contributed by atoms with Crippen molar-refractivity contribution < 1.29 is 9.18 Å². The average molecular weight is 245 g/mol. The zero-order valence-electron chi connectivity index (χ0n) is 9.61. The molecule has 0 aliphatic heterocycles. The van der Waals surface area contributed by atoms with E-state index in [-0.39, 0.29) is 11.7 Å². The van der Waals surface area contributed by atoms with E-state index in [1.807, 2.05) is 0 Å². The highest BCUT2D eigenvalue weighted by molar-refractivity contribution is 6.02. The van der Waals surface area contributed by atoms with Crippen molar-refractivity contribution in [3.05, 3.63) is 47.5 Å². The van der Waals surface area contributed by atoms with Crippen molar-refractivity contribution in [3.63, 3.8) is 0 Å². The Labute approximate surface area is 103 Å². The fraction of sp³-hybridized carbons (Fsp3) is 0.231. The molecule has 4 nitrogen and oxygen atoms in total. The Hall–Kier alpha value is -2.17. The molecule has 5 heteroatoms. The Balaban J connectivity index is 1.73. The number of nitrogens with one attached hydrogen (secondary N) is 2. The number of carbonyl (C=O) groups is 1. The van der Waals surface area contributed by atoms with Crippen LogP contribution in [-0.4, -0.2) is 16.1 Å². The van der Waals surface area contributed by atoms with Crippen LogP contribution in [0.3, 0.4) is 0 Å². The van der Waals surface area contributed by atoms with Crippen LogP contribution < -0.4 is 5.32 Å². The van der Waals surface area contributed by atoms with E-state index < -0.39 is 0 Å². The number of carbonyl (C=O) groups excluding carboxylic acids is 1. The number of nitrogens with zero attached hydrogens (tertiary/aromatic N) is 1. The standard InChI is InChI=1S/C13H12FN3O/c14-9-2-1-3-10(6-9)15-13(18)12-7-11(16-17-12)8-4-5-8/h1-3,6-8H,4-5H2,(H,15,18)(H,16,17). The largest absolute Gasteiger partial charge is 0.320 e. The van der Waals surface area contributed by atoms with E-state index in [0.717, 1.165) is 18.5 Å². The van der Waals surface area contributed by atoms with Crippen molar-refractivity contribution >= 4 is 11.6 Å². The average Bonchev–Trinajstić information content (AvgIpc) is 3.07. The van der Waals surface area contributed by atoms with E-state index in [0.29, 0.717) is 17.3 Å². The number of aromatic nitrogens is 2. The van der Waals surface area contributed by atoms with Crippen LogP contribution in [0.5, 0.6) is 0 Å². The number of halogens is 1. The minimum atomic E-state index is -0.381. The van der Waals surface area contributed by atoms with Gasteiger partial charge in [0.25, 0.3) is 5.91 Å². The molecule has 1 aliphatic rings. The smallest absolute Gasteiger partial charge is 0.276 e. The van der Waals surface area contributed by atoms with Gasteiger partial charge in [0.2, 0.25) is 0 Å². The van der Waals surface area contributed by atoms with Crippen LogP contribution in [0, 0.1) is 5.82 Å². The first-order valence-electron chi connectivity index (χ1n) is 5.84. The van der Waals surface area contributed by atoms with E-state index in [2.05, 4.69) is 15.5 Å². The second-order valence-corrected chi connectivity index (χ2v) is 4.45. The lowest BCUT2D eigenvalue weighted by atomic mass is 10.2. The maximum absolute atomic E-state index is 13.0. The molecule has 0 saturated heterocycles. The normalized spacial score (nSPS) is 14.5. The van der Waals surface area contributed by atoms with Gasteiger partial charge >= 0.3 is 0 Å². The van der Waals surface area contributed by atoms with Gasteiger partial charge in [0.05, 0.1) is 0 Å². The first-order valence-corrected chi connectivity index (χ1v) is 5.84. The third kappa shape index (κ3) is 2.25. The van der Waals surface area contributed by atoms with Crippen LogP contribution in [0.15, 0.2) is 30.3 Å². The van der Waals surface area contributed by atoms with Crippen LogP contribution in [0.25, 0.3) is 0 Å². The number of rotatable bonds is 3. The van der Waals surface area contributed by atoms with Crippen LogP contribution >= 0.6 is 0 Å². The highest BCUT2D eigenvalue weighted by atomic mass is 19.1. The highest BCUT2D eigenvalue weighted by Crippen LogP contribution is 2.39. The molecule has 92 valence electrons. The number of amides is 1. The van der Waals surface area contributed by atoms with E-state index in [4.69, 9.17) is 0 Å². The highest BCUT2D eigenvalue weighted by Gasteiger charge is 2.26. The van der Waals surface area contributed by atoms with Gasteiger partial charge in [-0.25, -0.2) is 4.39 Å². The molecule has 2 N–H and O–H groups in total. The molecule has 0 spiro atoms. The van der Waals surface area contributed by atoms with Gasteiger partial charge < -0.3 is 5.32 Å². The molecular weight excluding hydrogens is 233 g/mol. The second kappa shape index (κ2) is 4.25. The summed E-state index contributed by atoms with van der Waals surface area (Å²) in [7, 11) is 0. The summed E-state index contributed by atoms with van der Waals surface area (Å²) in [6.45, 7) is 0. The maximum Gasteiger partial charge on any atom is 0.276 e. The molecule has 3 rings (SSSR count). The van der Waals surface area contributed by atoms with Gasteiger partial charge in [-0.05, 0) is 37.1 Å². The summed E-state index contributed by atoms with van der Waals surface area (Å²) in [5.74, 6) is -0.189. The van der Waals surface area contributed by atoms with E-state index in [9.17, 15) is 9.18 Å². The summed E-state index contributed by atoms with van der Waals surface area (Å²) in [5, 5.41) is 9.44. The van der Waals surface area contributed by atoms with Crippen molar-refractivity contribution in [2.24, 2.45) is 0 Å². The minimum absolute atomic E-state index is 0.330. The van der Waals surface area contributed by atoms with Gasteiger partial charge in [-0.1, -0.05) is 6.07 Å². The molecule has 1 saturated carbocycles. The SMILES string of the molecule is O=C(Nc1cccc(F)c1)c1cc(C2CC2)[nH]n1. The Morgan fingerprint density at radius 3 is 2.94 bits per heavy atom. The number of hydrogen-bond acceptors (Lipinski definition) is 2. The zero-order chi connectivity index (χ0) is 12.5. The third-order valence-corrected chi connectivity index (χ3v) is 2.93. The summed E-state index contributed by atoms with van der Waals surface area (Å²) in [4.78, 5) is 11.9. The van der Waals surface area contributed by atoms with Crippen LogP contribution in [-0.2, 0) is 0 Å². The fourth-order valence-electron chi connectivity index (χ4n) is 1.82. The summed E-state index contributed by atoms with van der Waals surface area (Å²) >= 11 is 0.